The van der Waals surface area contributed by atoms with E-state index in [0.29, 0.717) is 12.3 Å². The first kappa shape index (κ1) is 13.4. The highest BCUT2D eigenvalue weighted by atomic mass is 16.2. The van der Waals surface area contributed by atoms with Gasteiger partial charge in [0.25, 0.3) is 0 Å². The monoisotopic (exact) mass is 302 g/mol. The molecule has 2 saturated heterocycles. The molecule has 2 aliphatic heterocycles. The van der Waals surface area contributed by atoms with E-state index in [4.69, 9.17) is 0 Å². The minimum absolute atomic E-state index is 0.0175. The van der Waals surface area contributed by atoms with Gasteiger partial charge in [0.05, 0.1) is 5.41 Å². The molecule has 0 radical (unpaired) electrons. The average Bonchev–Trinajstić information content (AvgIpc) is 3.03. The van der Waals surface area contributed by atoms with Crippen LogP contribution >= 0.6 is 0 Å². The van der Waals surface area contributed by atoms with Crippen LogP contribution in [0.3, 0.4) is 0 Å². The normalized spacial score (nSPS) is 49.2. The summed E-state index contributed by atoms with van der Waals surface area (Å²) in [5.41, 5.74) is 0.0331. The maximum Gasteiger partial charge on any atom is 0.228 e. The number of likely N-dealkylation sites (tertiary alicyclic amines) is 1. The number of nitrogens with zero attached hydrogens (tertiary/aromatic N) is 1. The van der Waals surface area contributed by atoms with Crippen molar-refractivity contribution in [1.29, 1.82) is 0 Å². The molecule has 1 spiro atoms. The Morgan fingerprint density at radius 2 is 1.73 bits per heavy atom. The molecule has 4 heteroatoms. The van der Waals surface area contributed by atoms with Crippen LogP contribution in [-0.4, -0.2) is 36.3 Å². The third kappa shape index (κ3) is 1.82. The number of hydrogen-bond acceptors (Lipinski definition) is 2. The van der Waals surface area contributed by atoms with E-state index < -0.39 is 0 Å². The Morgan fingerprint density at radius 3 is 2.27 bits per heavy atom. The van der Waals surface area contributed by atoms with Gasteiger partial charge in [0.15, 0.2) is 0 Å². The van der Waals surface area contributed by atoms with Crippen LogP contribution in [0.1, 0.15) is 51.4 Å². The molecule has 4 bridgehead atoms. The van der Waals surface area contributed by atoms with Gasteiger partial charge in [-0.1, -0.05) is 0 Å². The fraction of sp³-hybridized carbons (Fsp3) is 0.889. The molecule has 1 atom stereocenters. The van der Waals surface area contributed by atoms with E-state index in [0.717, 1.165) is 63.1 Å². The van der Waals surface area contributed by atoms with Gasteiger partial charge in [0.1, 0.15) is 0 Å². The van der Waals surface area contributed by atoms with Crippen molar-refractivity contribution >= 4 is 11.8 Å². The molecule has 22 heavy (non-hydrogen) atoms. The van der Waals surface area contributed by atoms with Gasteiger partial charge in [-0.3, -0.25) is 9.59 Å². The summed E-state index contributed by atoms with van der Waals surface area (Å²) in [4.78, 5) is 27.1. The minimum Gasteiger partial charge on any atom is -0.355 e. The lowest BCUT2D eigenvalue weighted by atomic mass is 9.49. The van der Waals surface area contributed by atoms with Crippen LogP contribution in [0.5, 0.6) is 0 Å². The molecule has 120 valence electrons. The van der Waals surface area contributed by atoms with Gasteiger partial charge in [-0.2, -0.15) is 0 Å². The molecular weight excluding hydrogens is 276 g/mol. The molecule has 0 aromatic carbocycles. The van der Waals surface area contributed by atoms with Crippen LogP contribution in [0.15, 0.2) is 0 Å². The first-order valence-electron chi connectivity index (χ1n) is 9.12. The van der Waals surface area contributed by atoms with Gasteiger partial charge in [0.2, 0.25) is 11.8 Å². The fourth-order valence-corrected chi connectivity index (χ4v) is 6.86. The average molecular weight is 302 g/mol. The predicted octanol–water partition coefficient (Wildman–Crippen LogP) is 1.94. The summed E-state index contributed by atoms with van der Waals surface area (Å²) in [5.74, 6) is 3.08. The Labute approximate surface area is 132 Å². The third-order valence-electron chi connectivity index (χ3n) is 7.41. The summed E-state index contributed by atoms with van der Waals surface area (Å²) in [6.45, 7) is 2.46. The van der Waals surface area contributed by atoms with Crippen molar-refractivity contribution in [3.8, 4) is 0 Å². The molecule has 4 saturated carbocycles. The van der Waals surface area contributed by atoms with E-state index >= 15 is 0 Å². The van der Waals surface area contributed by atoms with Crippen molar-refractivity contribution in [3.05, 3.63) is 0 Å². The maximum atomic E-state index is 13.3. The summed E-state index contributed by atoms with van der Waals surface area (Å²) in [6.07, 6.45) is 9.23. The van der Waals surface area contributed by atoms with Crippen molar-refractivity contribution < 1.29 is 9.59 Å². The van der Waals surface area contributed by atoms with Crippen LogP contribution in [0.25, 0.3) is 0 Å². The summed E-state index contributed by atoms with van der Waals surface area (Å²) < 4.78 is 0. The zero-order chi connectivity index (χ0) is 14.9. The minimum atomic E-state index is -0.0175. The van der Waals surface area contributed by atoms with Gasteiger partial charge in [0, 0.05) is 31.5 Å². The number of rotatable bonds is 1. The molecule has 6 rings (SSSR count). The molecule has 0 aromatic rings. The van der Waals surface area contributed by atoms with E-state index in [2.05, 4.69) is 10.2 Å². The van der Waals surface area contributed by atoms with E-state index in [9.17, 15) is 9.59 Å². The second-order valence-corrected chi connectivity index (χ2v) is 9.13. The highest BCUT2D eigenvalue weighted by Gasteiger charge is 2.57. The van der Waals surface area contributed by atoms with Crippen molar-refractivity contribution in [1.82, 2.24) is 10.2 Å². The standard InChI is InChI=1S/C18H26N2O2/c21-15-9-17(10-19-15)1-2-20(11-17)16(22)18-6-12-3-13(7-18)5-14(4-12)8-18/h12-14H,1-11H2,(H,19,21). The van der Waals surface area contributed by atoms with Gasteiger partial charge in [-0.15, -0.1) is 0 Å². The number of carbonyl (C=O) groups is 2. The third-order valence-corrected chi connectivity index (χ3v) is 7.41. The van der Waals surface area contributed by atoms with Crippen molar-refractivity contribution in [2.45, 2.75) is 51.4 Å². The van der Waals surface area contributed by atoms with Gasteiger partial charge >= 0.3 is 0 Å². The predicted molar refractivity (Wildman–Crippen MR) is 81.9 cm³/mol. The van der Waals surface area contributed by atoms with Crippen LogP contribution < -0.4 is 5.32 Å². The van der Waals surface area contributed by atoms with E-state index in [-0.39, 0.29) is 16.7 Å². The fourth-order valence-electron chi connectivity index (χ4n) is 6.86. The SMILES string of the molecule is O=C1CC2(CCN(C(=O)C34CC5CC(CC(C5)C3)C4)C2)CN1. The van der Waals surface area contributed by atoms with Crippen molar-refractivity contribution in [2.24, 2.45) is 28.6 Å². The molecule has 6 aliphatic rings. The summed E-state index contributed by atoms with van der Waals surface area (Å²) in [6, 6.07) is 0. The summed E-state index contributed by atoms with van der Waals surface area (Å²) >= 11 is 0. The Kier molecular flexibility index (Phi) is 2.60. The van der Waals surface area contributed by atoms with E-state index in [1.165, 1.54) is 19.3 Å². The van der Waals surface area contributed by atoms with Gasteiger partial charge < -0.3 is 10.2 Å². The molecular formula is C18H26N2O2. The second kappa shape index (κ2) is 4.27. The molecule has 1 unspecified atom stereocenters. The maximum absolute atomic E-state index is 13.3. The number of hydrogen-bond donors (Lipinski definition) is 1. The molecule has 4 nitrogen and oxygen atoms in total. The second-order valence-electron chi connectivity index (χ2n) is 9.13. The molecule has 2 heterocycles. The number of carbonyl (C=O) groups excluding carboxylic acids is 2. The molecule has 4 aliphatic carbocycles. The van der Waals surface area contributed by atoms with E-state index in [1.54, 1.807) is 0 Å². The Balaban J connectivity index is 1.36. The quantitative estimate of drug-likeness (QED) is 0.805. The van der Waals surface area contributed by atoms with Crippen molar-refractivity contribution in [2.75, 3.05) is 19.6 Å². The lowest BCUT2D eigenvalue weighted by molar-refractivity contribution is -0.157. The number of amides is 2. The molecule has 6 fully saturated rings. The van der Waals surface area contributed by atoms with Gasteiger partial charge in [-0.25, -0.2) is 0 Å². The zero-order valence-electron chi connectivity index (χ0n) is 13.3. The van der Waals surface area contributed by atoms with Gasteiger partial charge in [-0.05, 0) is 62.7 Å². The summed E-state index contributed by atoms with van der Waals surface area (Å²) in [5, 5.41) is 2.97. The molecule has 2 amide bonds. The molecule has 1 N–H and O–H groups in total. The molecule has 0 aromatic heterocycles. The highest BCUT2D eigenvalue weighted by molar-refractivity contribution is 5.84. The van der Waals surface area contributed by atoms with Crippen LogP contribution in [0.4, 0.5) is 0 Å². The van der Waals surface area contributed by atoms with Crippen molar-refractivity contribution in [3.63, 3.8) is 0 Å². The smallest absolute Gasteiger partial charge is 0.228 e. The first-order chi connectivity index (χ1) is 10.6. The number of nitrogens with one attached hydrogen (secondary N) is 1. The highest BCUT2D eigenvalue weighted by Crippen LogP contribution is 2.61. The first-order valence-corrected chi connectivity index (χ1v) is 9.12. The zero-order valence-corrected chi connectivity index (χ0v) is 13.3. The lowest BCUT2D eigenvalue weighted by Crippen LogP contribution is -2.54. The van der Waals surface area contributed by atoms with E-state index in [1.807, 2.05) is 0 Å². The van der Waals surface area contributed by atoms with Crippen LogP contribution in [0.2, 0.25) is 0 Å². The van der Waals surface area contributed by atoms with Crippen LogP contribution in [-0.2, 0) is 9.59 Å². The summed E-state index contributed by atoms with van der Waals surface area (Å²) in [7, 11) is 0. The van der Waals surface area contributed by atoms with Crippen LogP contribution in [0, 0.1) is 28.6 Å². The topological polar surface area (TPSA) is 49.4 Å². The Hall–Kier alpha value is -1.06. The lowest BCUT2D eigenvalue weighted by Gasteiger charge is -2.56. The Bertz CT molecular complexity index is 508. The largest absolute Gasteiger partial charge is 0.355 e. The Morgan fingerprint density at radius 1 is 1.09 bits per heavy atom.